The number of hydrogen-bond acceptors (Lipinski definition) is 3. The predicted molar refractivity (Wildman–Crippen MR) is 92.0 cm³/mol. The van der Waals surface area contributed by atoms with Crippen LogP contribution in [-0.2, 0) is 11.2 Å². The number of nitrogens with one attached hydrogen (secondary N) is 1. The van der Waals surface area contributed by atoms with Crippen molar-refractivity contribution in [2.75, 3.05) is 6.54 Å². The van der Waals surface area contributed by atoms with Gasteiger partial charge in [0, 0.05) is 18.5 Å². The average Bonchev–Trinajstić information content (AvgIpc) is 3.15. The number of benzene rings is 1. The molecule has 1 aromatic heterocycles. The van der Waals surface area contributed by atoms with Crippen LogP contribution in [0.3, 0.4) is 0 Å². The van der Waals surface area contributed by atoms with Crippen molar-refractivity contribution in [3.63, 3.8) is 0 Å². The molecular weight excluding hydrogens is 300 g/mol. The minimum atomic E-state index is -0.369. The summed E-state index contributed by atoms with van der Waals surface area (Å²) >= 11 is 0. The van der Waals surface area contributed by atoms with Crippen molar-refractivity contribution in [3.8, 4) is 6.07 Å². The molecule has 0 spiro atoms. The second-order valence-corrected chi connectivity index (χ2v) is 6.22. The zero-order valence-corrected chi connectivity index (χ0v) is 13.7. The third-order valence-corrected chi connectivity index (χ3v) is 4.32. The van der Waals surface area contributed by atoms with Crippen LogP contribution in [0.15, 0.2) is 52.5 Å². The minimum Gasteiger partial charge on any atom is -0.461 e. The Labute approximate surface area is 141 Å². The van der Waals surface area contributed by atoms with Crippen molar-refractivity contribution in [3.05, 3.63) is 65.1 Å². The van der Waals surface area contributed by atoms with E-state index in [2.05, 4.69) is 12.2 Å². The van der Waals surface area contributed by atoms with Crippen LogP contribution in [0.1, 0.15) is 36.3 Å². The van der Waals surface area contributed by atoms with Gasteiger partial charge in [0.1, 0.15) is 23.2 Å². The molecule has 0 radical (unpaired) electrons. The van der Waals surface area contributed by atoms with Gasteiger partial charge in [0.25, 0.3) is 5.91 Å². The topological polar surface area (TPSA) is 66.0 Å². The zero-order valence-electron chi connectivity index (χ0n) is 13.7. The minimum absolute atomic E-state index is 0.0628. The lowest BCUT2D eigenvalue weighted by Crippen LogP contribution is -2.26. The lowest BCUT2D eigenvalue weighted by Gasteiger charge is -2.04. The molecule has 3 rings (SSSR count). The van der Waals surface area contributed by atoms with E-state index >= 15 is 0 Å². The van der Waals surface area contributed by atoms with E-state index in [1.54, 1.807) is 0 Å². The van der Waals surface area contributed by atoms with Crippen molar-refractivity contribution >= 4 is 12.0 Å². The predicted octanol–water partition coefficient (Wildman–Crippen LogP) is 3.67. The van der Waals surface area contributed by atoms with Crippen LogP contribution in [0.5, 0.6) is 0 Å². The molecule has 4 nitrogen and oxygen atoms in total. The van der Waals surface area contributed by atoms with Gasteiger partial charge in [-0.15, -0.1) is 0 Å². The lowest BCUT2D eigenvalue weighted by atomic mass is 10.1. The van der Waals surface area contributed by atoms with Crippen molar-refractivity contribution in [2.45, 2.75) is 25.7 Å². The van der Waals surface area contributed by atoms with Gasteiger partial charge in [-0.1, -0.05) is 37.3 Å². The Kier molecular flexibility index (Phi) is 4.81. The summed E-state index contributed by atoms with van der Waals surface area (Å²) in [7, 11) is 0. The van der Waals surface area contributed by atoms with Crippen LogP contribution in [-0.4, -0.2) is 12.5 Å². The average molecular weight is 320 g/mol. The van der Waals surface area contributed by atoms with Crippen LogP contribution in [0.2, 0.25) is 0 Å². The van der Waals surface area contributed by atoms with E-state index in [9.17, 15) is 10.1 Å². The number of rotatable bonds is 6. The first-order chi connectivity index (χ1) is 11.7. The molecule has 2 aromatic rings. The fourth-order valence-electron chi connectivity index (χ4n) is 2.71. The fourth-order valence-corrected chi connectivity index (χ4v) is 2.71. The maximum Gasteiger partial charge on any atom is 0.262 e. The summed E-state index contributed by atoms with van der Waals surface area (Å²) in [6.45, 7) is 2.68. The molecule has 122 valence electrons. The molecule has 0 aliphatic heterocycles. The number of carbonyl (C=O) groups is 1. The number of amides is 1. The Morgan fingerprint density at radius 1 is 1.33 bits per heavy atom. The van der Waals surface area contributed by atoms with Gasteiger partial charge in [0.2, 0.25) is 0 Å². The molecule has 1 aromatic carbocycles. The molecular formula is C20H20N2O2. The van der Waals surface area contributed by atoms with E-state index in [0.29, 0.717) is 24.1 Å². The van der Waals surface area contributed by atoms with Gasteiger partial charge < -0.3 is 9.73 Å². The second kappa shape index (κ2) is 7.18. The third-order valence-electron chi connectivity index (χ3n) is 4.32. The van der Waals surface area contributed by atoms with E-state index in [1.165, 1.54) is 6.08 Å². The van der Waals surface area contributed by atoms with E-state index in [4.69, 9.17) is 4.42 Å². The highest BCUT2D eigenvalue weighted by Crippen LogP contribution is 2.47. The van der Waals surface area contributed by atoms with Crippen molar-refractivity contribution in [1.82, 2.24) is 5.32 Å². The van der Waals surface area contributed by atoms with Crippen LogP contribution in [0.25, 0.3) is 6.08 Å². The molecule has 1 heterocycles. The van der Waals surface area contributed by atoms with E-state index in [0.717, 1.165) is 24.2 Å². The summed E-state index contributed by atoms with van der Waals surface area (Å²) in [6, 6.07) is 15.6. The van der Waals surface area contributed by atoms with Gasteiger partial charge >= 0.3 is 0 Å². The molecule has 1 saturated carbocycles. The van der Waals surface area contributed by atoms with Gasteiger partial charge in [0.05, 0.1) is 0 Å². The van der Waals surface area contributed by atoms with E-state index in [1.807, 2.05) is 48.5 Å². The maximum atomic E-state index is 12.1. The largest absolute Gasteiger partial charge is 0.461 e. The summed E-state index contributed by atoms with van der Waals surface area (Å²) in [5.41, 5.74) is 1.21. The first kappa shape index (κ1) is 16.1. The Morgan fingerprint density at radius 3 is 2.75 bits per heavy atom. The summed E-state index contributed by atoms with van der Waals surface area (Å²) in [4.78, 5) is 12.1. The molecule has 0 saturated heterocycles. The normalized spacial score (nSPS) is 19.6. The first-order valence-corrected chi connectivity index (χ1v) is 8.21. The highest BCUT2D eigenvalue weighted by Gasteiger charge is 2.36. The molecule has 1 aliphatic carbocycles. The van der Waals surface area contributed by atoms with Crippen LogP contribution in [0, 0.1) is 17.2 Å². The van der Waals surface area contributed by atoms with Crippen molar-refractivity contribution < 1.29 is 9.21 Å². The monoisotopic (exact) mass is 320 g/mol. The van der Waals surface area contributed by atoms with Gasteiger partial charge in [0.15, 0.2) is 0 Å². The van der Waals surface area contributed by atoms with Crippen LogP contribution in [0.4, 0.5) is 0 Å². The number of carbonyl (C=O) groups excluding carboxylic acids is 1. The SMILES string of the molecule is C[C@@H]1C[C@@H]1c1ccc(/C=C(\C#N)C(=O)NCCc2ccccc2)o1. The molecule has 0 unspecified atom stereocenters. The fraction of sp³-hybridized carbons (Fsp3) is 0.300. The maximum absolute atomic E-state index is 12.1. The van der Waals surface area contributed by atoms with E-state index in [-0.39, 0.29) is 11.5 Å². The highest BCUT2D eigenvalue weighted by atomic mass is 16.3. The standard InChI is InChI=1S/C20H20N2O2/c1-14-11-18(14)19-8-7-17(24-19)12-16(13-21)20(23)22-10-9-15-5-3-2-4-6-15/h2-8,12,14,18H,9-11H2,1H3,(H,22,23)/b16-12+/t14-,18+/m1/s1. The third kappa shape index (κ3) is 3.94. The van der Waals surface area contributed by atoms with Gasteiger partial charge in [-0.2, -0.15) is 5.26 Å². The number of nitriles is 1. The van der Waals surface area contributed by atoms with Crippen molar-refractivity contribution in [2.24, 2.45) is 5.92 Å². The molecule has 24 heavy (non-hydrogen) atoms. The number of nitrogens with zero attached hydrogens (tertiary/aromatic N) is 1. The molecule has 0 bridgehead atoms. The second-order valence-electron chi connectivity index (χ2n) is 6.22. The summed E-state index contributed by atoms with van der Waals surface area (Å²) in [5, 5.41) is 12.0. The molecule has 1 N–H and O–H groups in total. The van der Waals surface area contributed by atoms with Gasteiger partial charge in [-0.05, 0) is 36.5 Å². The van der Waals surface area contributed by atoms with Gasteiger partial charge in [-0.3, -0.25) is 4.79 Å². The highest BCUT2D eigenvalue weighted by molar-refractivity contribution is 6.01. The number of hydrogen-bond donors (Lipinski definition) is 1. The molecule has 1 amide bonds. The summed E-state index contributed by atoms with van der Waals surface area (Å²) in [5.74, 6) is 2.27. The first-order valence-electron chi connectivity index (χ1n) is 8.21. The Morgan fingerprint density at radius 2 is 2.08 bits per heavy atom. The molecule has 1 aliphatic rings. The summed E-state index contributed by atoms with van der Waals surface area (Å²) in [6.07, 6.45) is 3.38. The van der Waals surface area contributed by atoms with E-state index < -0.39 is 0 Å². The molecule has 1 fully saturated rings. The number of furan rings is 1. The zero-order chi connectivity index (χ0) is 16.9. The molecule has 4 heteroatoms. The smallest absolute Gasteiger partial charge is 0.262 e. The summed E-state index contributed by atoms with van der Waals surface area (Å²) < 4.78 is 5.73. The quantitative estimate of drug-likeness (QED) is 0.652. The van der Waals surface area contributed by atoms with Crippen LogP contribution >= 0.6 is 0 Å². The Hall–Kier alpha value is -2.80. The van der Waals surface area contributed by atoms with Crippen LogP contribution < -0.4 is 5.32 Å². The Bertz CT molecular complexity index is 783. The molecule has 2 atom stereocenters. The Balaban J connectivity index is 1.57. The van der Waals surface area contributed by atoms with Crippen molar-refractivity contribution in [1.29, 1.82) is 5.26 Å². The van der Waals surface area contributed by atoms with Gasteiger partial charge in [-0.25, -0.2) is 0 Å². The lowest BCUT2D eigenvalue weighted by molar-refractivity contribution is -0.117.